The van der Waals surface area contributed by atoms with Gasteiger partial charge in [-0.25, -0.2) is 0 Å². The van der Waals surface area contributed by atoms with Crippen molar-refractivity contribution in [2.45, 2.75) is 20.8 Å². The Morgan fingerprint density at radius 1 is 1.35 bits per heavy atom. The standard InChI is InChI=1S/C18H26ClN3O3.ClH/c1-4-22(5-2)17(23)11-25-16-7-6-14(8-15(16)19)21-18(24)12(3)13-9-20-10-13;/h6-8,12-13,20H,4-5,9-11H2,1-3H3,(H,21,24);1H. The van der Waals surface area contributed by atoms with Crippen LogP contribution in [0.2, 0.25) is 5.02 Å². The lowest BCUT2D eigenvalue weighted by molar-refractivity contribution is -0.133. The van der Waals surface area contributed by atoms with Gasteiger partial charge in [0.25, 0.3) is 5.91 Å². The van der Waals surface area contributed by atoms with Crippen LogP contribution in [0.4, 0.5) is 5.69 Å². The molecule has 2 amide bonds. The van der Waals surface area contributed by atoms with Gasteiger partial charge in [0.15, 0.2) is 6.61 Å². The van der Waals surface area contributed by atoms with Crippen LogP contribution in [0.1, 0.15) is 20.8 Å². The van der Waals surface area contributed by atoms with E-state index in [1.165, 1.54) is 0 Å². The average Bonchev–Trinajstić information content (AvgIpc) is 2.53. The fourth-order valence-corrected chi connectivity index (χ4v) is 2.87. The van der Waals surface area contributed by atoms with Crippen molar-refractivity contribution in [1.82, 2.24) is 10.2 Å². The molecular formula is C18H27Cl2N3O3. The lowest BCUT2D eigenvalue weighted by Gasteiger charge is -2.31. The Morgan fingerprint density at radius 3 is 2.50 bits per heavy atom. The molecule has 0 spiro atoms. The van der Waals surface area contributed by atoms with E-state index >= 15 is 0 Å². The molecule has 1 heterocycles. The molecule has 0 radical (unpaired) electrons. The molecule has 2 rings (SSSR count). The summed E-state index contributed by atoms with van der Waals surface area (Å²) < 4.78 is 5.51. The largest absolute Gasteiger partial charge is 0.482 e. The molecule has 0 aromatic heterocycles. The summed E-state index contributed by atoms with van der Waals surface area (Å²) in [5.74, 6) is 0.651. The summed E-state index contributed by atoms with van der Waals surface area (Å²) in [5.41, 5.74) is 0.622. The van der Waals surface area contributed by atoms with Crippen molar-refractivity contribution in [2.75, 3.05) is 38.1 Å². The molecule has 26 heavy (non-hydrogen) atoms. The highest BCUT2D eigenvalue weighted by atomic mass is 35.5. The minimum atomic E-state index is -0.0821. The molecular weight excluding hydrogens is 377 g/mol. The van der Waals surface area contributed by atoms with Gasteiger partial charge in [-0.1, -0.05) is 18.5 Å². The quantitative estimate of drug-likeness (QED) is 0.699. The number of hydrogen-bond donors (Lipinski definition) is 2. The number of benzene rings is 1. The van der Waals surface area contributed by atoms with Crippen LogP contribution in [0, 0.1) is 11.8 Å². The number of carbonyl (C=O) groups excluding carboxylic acids is 2. The van der Waals surface area contributed by atoms with Crippen LogP contribution < -0.4 is 15.4 Å². The summed E-state index contributed by atoms with van der Waals surface area (Å²) in [6.45, 7) is 8.76. The van der Waals surface area contributed by atoms with Crippen molar-refractivity contribution >= 4 is 41.5 Å². The SMILES string of the molecule is CCN(CC)C(=O)COc1ccc(NC(=O)C(C)C2CNC2)cc1Cl.Cl. The maximum atomic E-state index is 12.2. The van der Waals surface area contributed by atoms with E-state index in [4.69, 9.17) is 16.3 Å². The lowest BCUT2D eigenvalue weighted by atomic mass is 9.88. The Labute approximate surface area is 166 Å². The smallest absolute Gasteiger partial charge is 0.260 e. The zero-order valence-corrected chi connectivity index (χ0v) is 17.0. The molecule has 1 aromatic rings. The van der Waals surface area contributed by atoms with Gasteiger partial charge in [0.2, 0.25) is 5.91 Å². The molecule has 0 saturated carbocycles. The highest BCUT2D eigenvalue weighted by molar-refractivity contribution is 6.32. The van der Waals surface area contributed by atoms with E-state index in [1.807, 2.05) is 20.8 Å². The van der Waals surface area contributed by atoms with Crippen LogP contribution in [0.5, 0.6) is 5.75 Å². The Balaban J connectivity index is 0.00000338. The van der Waals surface area contributed by atoms with Gasteiger partial charge in [0.1, 0.15) is 5.75 Å². The van der Waals surface area contributed by atoms with Gasteiger partial charge in [-0.2, -0.15) is 0 Å². The summed E-state index contributed by atoms with van der Waals surface area (Å²) in [5, 5.41) is 6.41. The number of amides is 2. The first-order chi connectivity index (χ1) is 12.0. The summed E-state index contributed by atoms with van der Waals surface area (Å²) in [6, 6.07) is 5.04. The van der Waals surface area contributed by atoms with Crippen molar-refractivity contribution in [3.05, 3.63) is 23.2 Å². The van der Waals surface area contributed by atoms with Crippen molar-refractivity contribution in [3.63, 3.8) is 0 Å². The van der Waals surface area contributed by atoms with E-state index in [1.54, 1.807) is 23.1 Å². The number of halogens is 2. The van der Waals surface area contributed by atoms with Gasteiger partial charge in [-0.05, 0) is 51.1 Å². The molecule has 6 nitrogen and oxygen atoms in total. The van der Waals surface area contributed by atoms with Crippen LogP contribution in [0.3, 0.4) is 0 Å². The summed E-state index contributed by atoms with van der Waals surface area (Å²) in [7, 11) is 0. The molecule has 1 aliphatic heterocycles. The predicted octanol–water partition coefficient (Wildman–Crippen LogP) is 2.80. The number of nitrogens with one attached hydrogen (secondary N) is 2. The van der Waals surface area contributed by atoms with Gasteiger partial charge >= 0.3 is 0 Å². The summed E-state index contributed by atoms with van der Waals surface area (Å²) >= 11 is 6.21. The number of nitrogens with zero attached hydrogens (tertiary/aromatic N) is 1. The maximum absolute atomic E-state index is 12.2. The second-order valence-electron chi connectivity index (χ2n) is 6.20. The van der Waals surface area contributed by atoms with Gasteiger partial charge in [0, 0.05) is 24.7 Å². The zero-order chi connectivity index (χ0) is 18.4. The number of likely N-dealkylation sites (N-methyl/N-ethyl adjacent to an activating group) is 1. The normalized spacial score (nSPS) is 14.6. The number of carbonyl (C=O) groups is 2. The minimum Gasteiger partial charge on any atom is -0.482 e. The van der Waals surface area contributed by atoms with Gasteiger partial charge in [-0.3, -0.25) is 9.59 Å². The molecule has 1 atom stereocenters. The topological polar surface area (TPSA) is 70.7 Å². The molecule has 1 unspecified atom stereocenters. The third kappa shape index (κ3) is 5.76. The lowest BCUT2D eigenvalue weighted by Crippen LogP contribution is -2.48. The third-order valence-corrected chi connectivity index (χ3v) is 4.90. The molecule has 1 saturated heterocycles. The number of hydrogen-bond acceptors (Lipinski definition) is 4. The van der Waals surface area contributed by atoms with Crippen LogP contribution >= 0.6 is 24.0 Å². The van der Waals surface area contributed by atoms with E-state index in [9.17, 15) is 9.59 Å². The molecule has 2 N–H and O–H groups in total. The van der Waals surface area contributed by atoms with E-state index in [-0.39, 0.29) is 36.7 Å². The van der Waals surface area contributed by atoms with E-state index in [0.29, 0.717) is 35.5 Å². The molecule has 8 heteroatoms. The van der Waals surface area contributed by atoms with E-state index in [2.05, 4.69) is 10.6 Å². The molecule has 0 aliphatic carbocycles. The van der Waals surface area contributed by atoms with Crippen LogP contribution in [0.25, 0.3) is 0 Å². The molecule has 1 fully saturated rings. The third-order valence-electron chi connectivity index (χ3n) is 4.60. The van der Waals surface area contributed by atoms with Crippen molar-refractivity contribution in [2.24, 2.45) is 11.8 Å². The van der Waals surface area contributed by atoms with Crippen LogP contribution in [0.15, 0.2) is 18.2 Å². The first-order valence-corrected chi connectivity index (χ1v) is 9.05. The number of ether oxygens (including phenoxy) is 1. The van der Waals surface area contributed by atoms with Gasteiger partial charge in [0.05, 0.1) is 5.02 Å². The van der Waals surface area contributed by atoms with E-state index in [0.717, 1.165) is 13.1 Å². The fraction of sp³-hybridized carbons (Fsp3) is 0.556. The Bertz CT molecular complexity index is 620. The first-order valence-electron chi connectivity index (χ1n) is 8.67. The Kier molecular flexibility index (Phi) is 9.19. The fourth-order valence-electron chi connectivity index (χ4n) is 2.64. The molecule has 1 aliphatic rings. The number of rotatable bonds is 8. The van der Waals surface area contributed by atoms with E-state index < -0.39 is 0 Å². The predicted molar refractivity (Wildman–Crippen MR) is 106 cm³/mol. The summed E-state index contributed by atoms with van der Waals surface area (Å²) in [6.07, 6.45) is 0. The first kappa shape index (κ1) is 22.5. The second kappa shape index (κ2) is 10.6. The Hall–Kier alpha value is -1.50. The minimum absolute atomic E-state index is 0. The van der Waals surface area contributed by atoms with Gasteiger partial charge in [-0.15, -0.1) is 12.4 Å². The van der Waals surface area contributed by atoms with Gasteiger partial charge < -0.3 is 20.3 Å². The van der Waals surface area contributed by atoms with Crippen molar-refractivity contribution < 1.29 is 14.3 Å². The van der Waals surface area contributed by atoms with Crippen molar-refractivity contribution in [3.8, 4) is 5.75 Å². The maximum Gasteiger partial charge on any atom is 0.260 e. The molecule has 146 valence electrons. The molecule has 0 bridgehead atoms. The average molecular weight is 404 g/mol. The van der Waals surface area contributed by atoms with Crippen molar-refractivity contribution in [1.29, 1.82) is 0 Å². The summed E-state index contributed by atoms with van der Waals surface area (Å²) in [4.78, 5) is 25.9. The highest BCUT2D eigenvalue weighted by Gasteiger charge is 2.28. The van der Waals surface area contributed by atoms with Crippen LogP contribution in [-0.4, -0.2) is 49.5 Å². The van der Waals surface area contributed by atoms with Crippen LogP contribution in [-0.2, 0) is 9.59 Å². The zero-order valence-electron chi connectivity index (χ0n) is 15.4. The monoisotopic (exact) mass is 403 g/mol. The Morgan fingerprint density at radius 2 is 2.00 bits per heavy atom. The highest BCUT2D eigenvalue weighted by Crippen LogP contribution is 2.28. The number of anilines is 1. The molecule has 1 aromatic carbocycles. The second-order valence-corrected chi connectivity index (χ2v) is 6.60.